The number of alkyl carbamates (subject to hydrolysis) is 1. The number of alkyl halides is 3. The van der Waals surface area contributed by atoms with E-state index in [1.165, 1.54) is 19.4 Å². The van der Waals surface area contributed by atoms with Crippen LogP contribution < -0.4 is 20.3 Å². The number of ether oxygens (including phenoxy) is 3. The molecule has 3 atom stereocenters. The van der Waals surface area contributed by atoms with E-state index in [1.54, 1.807) is 41.3 Å². The lowest BCUT2D eigenvalue weighted by Crippen LogP contribution is -2.56. The number of imidazole rings is 1. The fraction of sp³-hybridized carbons (Fsp3) is 0.447. The summed E-state index contributed by atoms with van der Waals surface area (Å²) in [5, 5.41) is 15.6. The van der Waals surface area contributed by atoms with E-state index in [-0.39, 0.29) is 51.0 Å². The Hall–Kier alpha value is -6.18. The van der Waals surface area contributed by atoms with Gasteiger partial charge in [0, 0.05) is 61.0 Å². The minimum atomic E-state index is -5.10. The van der Waals surface area contributed by atoms with Gasteiger partial charge < -0.3 is 44.3 Å². The highest BCUT2D eigenvalue weighted by Crippen LogP contribution is 2.42. The second kappa shape index (κ2) is 20.0. The largest absolute Gasteiger partial charge is 0.573 e. The van der Waals surface area contributed by atoms with Gasteiger partial charge in [-0.05, 0) is 61.4 Å². The molecule has 0 bridgehead atoms. The van der Waals surface area contributed by atoms with Crippen molar-refractivity contribution in [2.24, 2.45) is 11.3 Å². The SMILES string of the molecule is COC(=O)NC(C(=O)N1C[C@@H](C)C[C@H]1c1nc(-c2ccc(-c3cc(Cl)c(NC(=O)c4ccc(N5CCN(C(=O)C(C)(C)C)C[C@H]5C)nc4)cc3OC(F)(F)F)cc2)c(CO)[nH]1)=C1CCOCC1. The van der Waals surface area contributed by atoms with Crippen LogP contribution in [0.5, 0.6) is 5.75 Å². The number of carbonyl (C=O) groups is 4. The summed E-state index contributed by atoms with van der Waals surface area (Å²) >= 11 is 6.62. The molecular weight excluding hydrogens is 897 g/mol. The van der Waals surface area contributed by atoms with Crippen molar-refractivity contribution in [1.29, 1.82) is 0 Å². The predicted octanol–water partition coefficient (Wildman–Crippen LogP) is 7.85. The van der Waals surface area contributed by atoms with E-state index in [4.69, 9.17) is 26.1 Å². The number of nitrogens with zero attached hydrogens (tertiary/aromatic N) is 5. The van der Waals surface area contributed by atoms with Crippen LogP contribution >= 0.6 is 11.6 Å². The van der Waals surface area contributed by atoms with Gasteiger partial charge in [0.15, 0.2) is 0 Å². The van der Waals surface area contributed by atoms with E-state index >= 15 is 0 Å². The molecule has 0 radical (unpaired) electrons. The van der Waals surface area contributed by atoms with Gasteiger partial charge in [0.25, 0.3) is 11.8 Å². The number of benzene rings is 2. The van der Waals surface area contributed by atoms with Gasteiger partial charge in [-0.25, -0.2) is 14.8 Å². The van der Waals surface area contributed by atoms with E-state index in [0.717, 1.165) is 11.6 Å². The standard InChI is InChI=1S/C47H54ClF3N8O8/c1-26-19-36(59(23-26)43(62)40(56-45(64)65-6)30-13-17-66-18-14-30)41-53-35(25-60)39(55-41)29-9-7-28(8-10-29)32-20-33(48)34(21-37(32)67-47(49,50)51)54-42(61)31-11-12-38(52-22-31)58-16-15-57(24-27(58)2)44(63)46(3,4)5/h7-12,20-22,26-27,36,60H,13-19,23-25H2,1-6H3,(H,53,55)(H,54,61)(H,56,64)/t26-,27+,36-/m0/s1. The summed E-state index contributed by atoms with van der Waals surface area (Å²) < 4.78 is 56.4. The van der Waals surface area contributed by atoms with Crippen LogP contribution in [0.4, 0.5) is 29.5 Å². The van der Waals surface area contributed by atoms with Crippen molar-refractivity contribution >= 4 is 46.9 Å². The molecule has 3 aliphatic heterocycles. The number of H-pyrrole nitrogens is 1. The summed E-state index contributed by atoms with van der Waals surface area (Å²) in [5.41, 5.74) is 1.86. The molecule has 4 amide bonds. The first-order valence-electron chi connectivity index (χ1n) is 21.9. The maximum Gasteiger partial charge on any atom is 0.573 e. The number of aromatic nitrogens is 3. The van der Waals surface area contributed by atoms with Crippen molar-refractivity contribution in [3.05, 3.63) is 88.1 Å². The Morgan fingerprint density at radius 1 is 0.985 bits per heavy atom. The summed E-state index contributed by atoms with van der Waals surface area (Å²) in [4.78, 5) is 70.8. The van der Waals surface area contributed by atoms with E-state index in [9.17, 15) is 37.5 Å². The number of hydrogen-bond acceptors (Lipinski definition) is 11. The first-order chi connectivity index (χ1) is 31.7. The number of likely N-dealkylation sites (tertiary alicyclic amines) is 1. The van der Waals surface area contributed by atoms with Gasteiger partial charge in [-0.15, -0.1) is 13.2 Å². The third-order valence-electron chi connectivity index (χ3n) is 12.0. The molecule has 0 unspecified atom stereocenters. The van der Waals surface area contributed by atoms with E-state index in [2.05, 4.69) is 25.3 Å². The Bertz CT molecular complexity index is 2520. The Labute approximate surface area is 390 Å². The van der Waals surface area contributed by atoms with Crippen LogP contribution in [0.1, 0.15) is 81.8 Å². The molecule has 0 saturated carbocycles. The molecule has 16 nitrogen and oxygen atoms in total. The van der Waals surface area contributed by atoms with Gasteiger partial charge in [0.2, 0.25) is 5.91 Å². The second-order valence-corrected chi connectivity index (χ2v) is 18.4. The quantitative estimate of drug-likeness (QED) is 0.113. The summed E-state index contributed by atoms with van der Waals surface area (Å²) in [6.07, 6.45) is -3.05. The lowest BCUT2D eigenvalue weighted by atomic mass is 9.94. The molecule has 4 aromatic rings. The highest BCUT2D eigenvalue weighted by molar-refractivity contribution is 6.34. The van der Waals surface area contributed by atoms with Crippen molar-refractivity contribution in [1.82, 2.24) is 30.1 Å². The van der Waals surface area contributed by atoms with Crippen molar-refractivity contribution in [2.45, 2.75) is 78.9 Å². The molecule has 2 aromatic heterocycles. The zero-order valence-corrected chi connectivity index (χ0v) is 38.8. The first kappa shape index (κ1) is 48.7. The molecule has 5 heterocycles. The number of nitrogens with one attached hydrogen (secondary N) is 3. The van der Waals surface area contributed by atoms with Gasteiger partial charge in [-0.3, -0.25) is 19.7 Å². The highest BCUT2D eigenvalue weighted by atomic mass is 35.5. The van der Waals surface area contributed by atoms with Crippen molar-refractivity contribution < 1.29 is 51.7 Å². The second-order valence-electron chi connectivity index (χ2n) is 18.0. The summed E-state index contributed by atoms with van der Waals surface area (Å²) in [7, 11) is 1.21. The summed E-state index contributed by atoms with van der Waals surface area (Å²) in [6.45, 7) is 11.9. The number of methoxy groups -OCH3 is 1. The number of anilines is 2. The average molecular weight is 951 g/mol. The summed E-state index contributed by atoms with van der Waals surface area (Å²) in [6, 6.07) is 11.2. The molecule has 0 spiro atoms. The molecule has 20 heteroatoms. The number of halogens is 4. The average Bonchev–Trinajstić information content (AvgIpc) is 3.92. The van der Waals surface area contributed by atoms with Crippen LogP contribution in [0.3, 0.4) is 0 Å². The fourth-order valence-electron chi connectivity index (χ4n) is 8.66. The number of rotatable bonds is 10. The summed E-state index contributed by atoms with van der Waals surface area (Å²) in [5.74, 6) is -0.548. The number of aliphatic hydroxyl groups is 1. The predicted molar refractivity (Wildman–Crippen MR) is 243 cm³/mol. The normalized spacial score (nSPS) is 19.0. The minimum absolute atomic E-state index is 0.0227. The van der Waals surface area contributed by atoms with Crippen LogP contribution in [0, 0.1) is 11.3 Å². The van der Waals surface area contributed by atoms with Crippen molar-refractivity contribution in [3.8, 4) is 28.1 Å². The van der Waals surface area contributed by atoms with Crippen LogP contribution in [0.25, 0.3) is 22.4 Å². The number of pyridine rings is 1. The number of piperazine rings is 1. The molecule has 2 aromatic carbocycles. The third kappa shape index (κ3) is 11.2. The van der Waals surface area contributed by atoms with E-state index in [0.29, 0.717) is 87.2 Å². The van der Waals surface area contributed by atoms with Crippen LogP contribution in [-0.4, -0.2) is 113 Å². The van der Waals surface area contributed by atoms with E-state index in [1.807, 2.05) is 44.4 Å². The van der Waals surface area contributed by atoms with Crippen LogP contribution in [0.15, 0.2) is 66.0 Å². The van der Waals surface area contributed by atoms with Gasteiger partial charge >= 0.3 is 12.5 Å². The Balaban J connectivity index is 1.09. The molecule has 0 aliphatic carbocycles. The topological polar surface area (TPSA) is 192 Å². The molecule has 7 rings (SSSR count). The monoisotopic (exact) mass is 950 g/mol. The Morgan fingerprint density at radius 3 is 2.30 bits per heavy atom. The Morgan fingerprint density at radius 2 is 1.69 bits per heavy atom. The Kier molecular flexibility index (Phi) is 14.5. The van der Waals surface area contributed by atoms with Crippen LogP contribution in [0.2, 0.25) is 5.02 Å². The van der Waals surface area contributed by atoms with Gasteiger partial charge in [-0.1, -0.05) is 63.6 Å². The first-order valence-corrected chi connectivity index (χ1v) is 22.3. The lowest BCUT2D eigenvalue weighted by Gasteiger charge is -2.42. The molecule has 3 aliphatic rings. The molecule has 67 heavy (non-hydrogen) atoms. The number of amides is 4. The maximum absolute atomic E-state index is 14.2. The number of hydrogen-bond donors (Lipinski definition) is 4. The maximum atomic E-state index is 14.2. The third-order valence-corrected chi connectivity index (χ3v) is 12.3. The molecule has 3 fully saturated rings. The van der Waals surface area contributed by atoms with Gasteiger partial charge in [-0.2, -0.15) is 0 Å². The zero-order valence-electron chi connectivity index (χ0n) is 38.1. The highest BCUT2D eigenvalue weighted by Gasteiger charge is 2.40. The van der Waals surface area contributed by atoms with Crippen molar-refractivity contribution in [3.63, 3.8) is 0 Å². The number of aliphatic hydroxyl groups excluding tert-OH is 1. The molecule has 358 valence electrons. The molecular formula is C47H54ClF3N8O8. The smallest absolute Gasteiger partial charge is 0.453 e. The minimum Gasteiger partial charge on any atom is -0.453 e. The van der Waals surface area contributed by atoms with Gasteiger partial charge in [0.1, 0.15) is 23.1 Å². The van der Waals surface area contributed by atoms with E-state index < -0.39 is 48.1 Å². The van der Waals surface area contributed by atoms with Gasteiger partial charge in [0.05, 0.1) is 60.6 Å². The van der Waals surface area contributed by atoms with Crippen LogP contribution in [-0.2, 0) is 25.7 Å². The molecule has 3 saturated heterocycles. The number of carbonyl (C=O) groups excluding carboxylic acids is 4. The molecule has 4 N–H and O–H groups in total. The fourth-order valence-corrected chi connectivity index (χ4v) is 8.87. The lowest BCUT2D eigenvalue weighted by molar-refractivity contribution is -0.274. The number of aromatic amines is 1. The zero-order chi connectivity index (χ0) is 48.4. The van der Waals surface area contributed by atoms with Crippen molar-refractivity contribution in [2.75, 3.05) is 56.7 Å².